The Balaban J connectivity index is 1.65. The van der Waals surface area contributed by atoms with E-state index in [9.17, 15) is 13.2 Å². The maximum Gasteiger partial charge on any atom is 0.255 e. The molecule has 29 heavy (non-hydrogen) atoms. The summed E-state index contributed by atoms with van der Waals surface area (Å²) in [7, 11) is -1.82. The molecule has 1 unspecified atom stereocenters. The molecule has 0 aliphatic carbocycles. The number of methoxy groups -OCH3 is 1. The van der Waals surface area contributed by atoms with Crippen LogP contribution in [0.25, 0.3) is 0 Å². The predicted octanol–water partition coefficient (Wildman–Crippen LogP) is 1.44. The van der Waals surface area contributed by atoms with Crippen LogP contribution in [0.2, 0.25) is 0 Å². The average molecular weight is 425 g/mol. The zero-order valence-electron chi connectivity index (χ0n) is 17.4. The summed E-state index contributed by atoms with van der Waals surface area (Å²) in [6.45, 7) is 4.35. The molecule has 9 heteroatoms. The van der Waals surface area contributed by atoms with E-state index in [1.54, 1.807) is 21.3 Å². The summed E-state index contributed by atoms with van der Waals surface area (Å²) in [4.78, 5) is 21.1. The van der Waals surface area contributed by atoms with Gasteiger partial charge in [-0.2, -0.15) is 4.31 Å². The number of carbonyl (C=O) groups is 1. The van der Waals surface area contributed by atoms with Crippen LogP contribution in [0, 0.1) is 0 Å². The molecule has 0 spiro atoms. The van der Waals surface area contributed by atoms with Gasteiger partial charge in [0, 0.05) is 44.5 Å². The summed E-state index contributed by atoms with van der Waals surface area (Å²) < 4.78 is 31.6. The molecule has 1 aromatic rings. The van der Waals surface area contributed by atoms with Crippen LogP contribution in [0.3, 0.4) is 0 Å². The van der Waals surface area contributed by atoms with Gasteiger partial charge in [-0.15, -0.1) is 0 Å². The fraction of sp³-hybridized carbons (Fsp3) is 0.700. The van der Waals surface area contributed by atoms with E-state index < -0.39 is 10.0 Å². The van der Waals surface area contributed by atoms with Gasteiger partial charge in [0.15, 0.2) is 0 Å². The quantitative estimate of drug-likeness (QED) is 0.659. The molecule has 3 heterocycles. The lowest BCUT2D eigenvalue weighted by Gasteiger charge is -2.39. The smallest absolute Gasteiger partial charge is 0.255 e. The van der Waals surface area contributed by atoms with Gasteiger partial charge in [-0.25, -0.2) is 13.4 Å². The number of rotatable bonds is 7. The van der Waals surface area contributed by atoms with Crippen LogP contribution in [0.5, 0.6) is 5.88 Å². The third kappa shape index (κ3) is 5.90. The summed E-state index contributed by atoms with van der Waals surface area (Å²) in [5.74, 6) is 0.341. The molecule has 8 nitrogen and oxygen atoms in total. The molecule has 0 N–H and O–H groups in total. The average Bonchev–Trinajstić information content (AvgIpc) is 2.73. The fourth-order valence-corrected chi connectivity index (χ4v) is 5.35. The van der Waals surface area contributed by atoms with Crippen molar-refractivity contribution < 1.29 is 17.9 Å². The molecule has 2 saturated heterocycles. The minimum Gasteiger partial charge on any atom is -0.481 e. The third-order valence-electron chi connectivity index (χ3n) is 5.79. The van der Waals surface area contributed by atoms with Gasteiger partial charge in [-0.05, 0) is 44.8 Å². The second-order valence-electron chi connectivity index (χ2n) is 7.91. The highest BCUT2D eigenvalue weighted by atomic mass is 32.2. The van der Waals surface area contributed by atoms with Crippen molar-refractivity contribution in [2.24, 2.45) is 0 Å². The normalized spacial score (nSPS) is 21.3. The Labute approximate surface area is 173 Å². The minimum atomic E-state index is -3.35. The highest BCUT2D eigenvalue weighted by Crippen LogP contribution is 2.21. The maximum atomic E-state index is 12.9. The number of carbonyl (C=O) groups excluding carboxylic acids is 1. The molecule has 3 rings (SSSR count). The number of piperidine rings is 2. The van der Waals surface area contributed by atoms with Crippen LogP contribution in [0.4, 0.5) is 0 Å². The van der Waals surface area contributed by atoms with Gasteiger partial charge in [0.05, 0.1) is 18.9 Å². The van der Waals surface area contributed by atoms with E-state index in [-0.39, 0.29) is 11.9 Å². The Kier molecular flexibility index (Phi) is 7.48. The Morgan fingerprint density at radius 3 is 2.59 bits per heavy atom. The number of hydrogen-bond acceptors (Lipinski definition) is 6. The first kappa shape index (κ1) is 22.0. The predicted molar refractivity (Wildman–Crippen MR) is 112 cm³/mol. The molecule has 2 aliphatic rings. The Morgan fingerprint density at radius 2 is 1.97 bits per heavy atom. The first-order valence-electron chi connectivity index (χ1n) is 10.4. The Morgan fingerprint density at radius 1 is 1.21 bits per heavy atom. The van der Waals surface area contributed by atoms with Crippen LogP contribution in [0.15, 0.2) is 18.3 Å². The molecule has 2 fully saturated rings. The Bertz CT molecular complexity index is 778. The molecule has 0 bridgehead atoms. The molecule has 0 saturated carbocycles. The summed E-state index contributed by atoms with van der Waals surface area (Å²) in [5, 5.41) is 0. The van der Waals surface area contributed by atoms with Crippen LogP contribution < -0.4 is 4.74 Å². The number of hydrogen-bond donors (Lipinski definition) is 0. The van der Waals surface area contributed by atoms with Crippen LogP contribution in [-0.4, -0.2) is 92.1 Å². The van der Waals surface area contributed by atoms with Crippen molar-refractivity contribution in [2.45, 2.75) is 38.1 Å². The number of ether oxygens (including phenoxy) is 1. The van der Waals surface area contributed by atoms with Gasteiger partial charge in [-0.1, -0.05) is 6.42 Å². The van der Waals surface area contributed by atoms with Crippen molar-refractivity contribution in [3.63, 3.8) is 0 Å². The largest absolute Gasteiger partial charge is 0.481 e. The van der Waals surface area contributed by atoms with Gasteiger partial charge in [-0.3, -0.25) is 4.79 Å². The number of amides is 1. The number of nitrogens with zero attached hydrogens (tertiary/aromatic N) is 4. The van der Waals surface area contributed by atoms with Crippen molar-refractivity contribution in [1.29, 1.82) is 0 Å². The zero-order chi connectivity index (χ0) is 20.9. The second-order valence-corrected chi connectivity index (χ2v) is 9.85. The van der Waals surface area contributed by atoms with Crippen molar-refractivity contribution >= 4 is 15.9 Å². The molecule has 1 atom stereocenters. The summed E-state index contributed by atoms with van der Waals surface area (Å²) in [6.07, 6.45) is 7.97. The monoisotopic (exact) mass is 424 g/mol. The van der Waals surface area contributed by atoms with Gasteiger partial charge in [0.1, 0.15) is 0 Å². The summed E-state index contributed by atoms with van der Waals surface area (Å²) in [5.41, 5.74) is 0.491. The van der Waals surface area contributed by atoms with Gasteiger partial charge in [0.2, 0.25) is 15.9 Å². The van der Waals surface area contributed by atoms with E-state index in [1.807, 2.05) is 0 Å². The zero-order valence-corrected chi connectivity index (χ0v) is 18.2. The van der Waals surface area contributed by atoms with Crippen molar-refractivity contribution in [3.05, 3.63) is 23.9 Å². The lowest BCUT2D eigenvalue weighted by Crippen LogP contribution is -2.53. The van der Waals surface area contributed by atoms with Crippen molar-refractivity contribution in [2.75, 3.05) is 52.6 Å². The highest BCUT2D eigenvalue weighted by Gasteiger charge is 2.33. The standard InChI is InChI=1S/C20H32N4O4S/c1-28-19-9-8-17(15-21-19)20(25)23-12-6-7-18(16-23)24(29(2,26)27)14-13-22-10-4-3-5-11-22/h8-9,15,18H,3-7,10-14,16H2,1-2H3. The third-order valence-corrected chi connectivity index (χ3v) is 7.13. The molecular weight excluding hydrogens is 392 g/mol. The van der Waals surface area contributed by atoms with E-state index in [1.165, 1.54) is 38.8 Å². The van der Waals surface area contributed by atoms with E-state index in [4.69, 9.17) is 4.74 Å². The molecular formula is C20H32N4O4S. The molecule has 1 amide bonds. The van der Waals surface area contributed by atoms with Crippen molar-refractivity contribution in [3.8, 4) is 5.88 Å². The molecule has 2 aliphatic heterocycles. The van der Waals surface area contributed by atoms with Crippen molar-refractivity contribution in [1.82, 2.24) is 19.1 Å². The second kappa shape index (κ2) is 9.86. The Hall–Kier alpha value is -1.71. The van der Waals surface area contributed by atoms with Gasteiger partial charge < -0.3 is 14.5 Å². The first-order chi connectivity index (χ1) is 13.9. The van der Waals surface area contributed by atoms with E-state index >= 15 is 0 Å². The van der Waals surface area contributed by atoms with Crippen LogP contribution in [0.1, 0.15) is 42.5 Å². The number of likely N-dealkylation sites (tertiary alicyclic amines) is 2. The van der Waals surface area contributed by atoms with Crippen LogP contribution in [-0.2, 0) is 10.0 Å². The van der Waals surface area contributed by atoms with Gasteiger partial charge in [0.25, 0.3) is 5.91 Å². The number of aromatic nitrogens is 1. The molecule has 162 valence electrons. The van der Waals surface area contributed by atoms with E-state index in [0.29, 0.717) is 31.1 Å². The summed E-state index contributed by atoms with van der Waals surface area (Å²) in [6, 6.07) is 3.18. The first-order valence-corrected chi connectivity index (χ1v) is 12.2. The van der Waals surface area contributed by atoms with Gasteiger partial charge >= 0.3 is 0 Å². The SMILES string of the molecule is COc1ccc(C(=O)N2CCCC(N(CCN3CCCCC3)S(C)(=O)=O)C2)cn1. The number of pyridine rings is 1. The van der Waals surface area contributed by atoms with Crippen LogP contribution >= 0.6 is 0 Å². The lowest BCUT2D eigenvalue weighted by molar-refractivity contribution is 0.0646. The van der Waals surface area contributed by atoms with E-state index in [0.717, 1.165) is 32.5 Å². The number of sulfonamides is 1. The molecule has 0 aromatic carbocycles. The highest BCUT2D eigenvalue weighted by molar-refractivity contribution is 7.88. The topological polar surface area (TPSA) is 83.0 Å². The van der Waals surface area contributed by atoms with E-state index in [2.05, 4.69) is 9.88 Å². The molecule has 0 radical (unpaired) electrons. The molecule has 1 aromatic heterocycles. The maximum absolute atomic E-state index is 12.9. The summed E-state index contributed by atoms with van der Waals surface area (Å²) >= 11 is 0. The minimum absolute atomic E-state index is 0.116. The fourth-order valence-electron chi connectivity index (χ4n) is 4.23. The lowest BCUT2D eigenvalue weighted by atomic mass is 10.0.